The molecule has 0 aromatic carbocycles. The second-order valence-electron chi connectivity index (χ2n) is 4.53. The summed E-state index contributed by atoms with van der Waals surface area (Å²) in [4.78, 5) is 17.3. The monoisotopic (exact) mass is 280 g/mol. The number of hydrogen-bond acceptors (Lipinski definition) is 3. The van der Waals surface area contributed by atoms with Crippen molar-refractivity contribution < 1.29 is 4.79 Å². The molecular formula is C13H24N6O. The molecule has 0 aliphatic carbocycles. The molecule has 1 aromatic rings. The molecule has 7 heteroatoms. The molecule has 0 unspecified atom stereocenters. The Morgan fingerprint density at radius 1 is 1.40 bits per heavy atom. The van der Waals surface area contributed by atoms with Crippen LogP contribution in [0.3, 0.4) is 0 Å². The fraction of sp³-hybridized carbons (Fsp3) is 0.615. The van der Waals surface area contributed by atoms with E-state index >= 15 is 0 Å². The van der Waals surface area contributed by atoms with Gasteiger partial charge in [0.05, 0.1) is 0 Å². The van der Waals surface area contributed by atoms with Crippen LogP contribution in [0.5, 0.6) is 0 Å². The molecule has 0 saturated carbocycles. The van der Waals surface area contributed by atoms with E-state index in [0.29, 0.717) is 5.96 Å². The Morgan fingerprint density at radius 2 is 2.20 bits per heavy atom. The zero-order chi connectivity index (χ0) is 14.8. The highest BCUT2D eigenvalue weighted by molar-refractivity contribution is 5.84. The van der Waals surface area contributed by atoms with Crippen molar-refractivity contribution in [2.75, 3.05) is 33.7 Å². The minimum Gasteiger partial charge on any atom is -0.357 e. The van der Waals surface area contributed by atoms with Gasteiger partial charge in [0.15, 0.2) is 5.96 Å². The van der Waals surface area contributed by atoms with Crippen LogP contribution in [0.1, 0.15) is 13.3 Å². The summed E-state index contributed by atoms with van der Waals surface area (Å²) in [6, 6.07) is 1.91. The molecule has 0 aliphatic heterocycles. The number of amides is 1. The van der Waals surface area contributed by atoms with E-state index in [-0.39, 0.29) is 12.5 Å². The minimum atomic E-state index is -0.0151. The third-order valence-corrected chi connectivity index (χ3v) is 2.63. The number of guanidine groups is 1. The standard InChI is InChI=1S/C13H24N6O/c1-4-14-13(16-11-12(20)18(2)3)15-7-5-9-19-10-6-8-17-19/h6,8,10H,4-5,7,9,11H2,1-3H3,(H2,14,15,16). The molecule has 0 bridgehead atoms. The van der Waals surface area contributed by atoms with Gasteiger partial charge < -0.3 is 15.5 Å². The fourth-order valence-electron chi connectivity index (χ4n) is 1.51. The zero-order valence-electron chi connectivity index (χ0n) is 12.5. The highest BCUT2D eigenvalue weighted by atomic mass is 16.2. The van der Waals surface area contributed by atoms with Crippen molar-refractivity contribution in [1.82, 2.24) is 25.3 Å². The average Bonchev–Trinajstić information content (AvgIpc) is 2.93. The van der Waals surface area contributed by atoms with E-state index in [1.807, 2.05) is 23.9 Å². The smallest absolute Gasteiger partial charge is 0.243 e. The van der Waals surface area contributed by atoms with Crippen LogP contribution < -0.4 is 10.6 Å². The highest BCUT2D eigenvalue weighted by Gasteiger charge is 2.03. The minimum absolute atomic E-state index is 0.0151. The topological polar surface area (TPSA) is 74.6 Å². The Labute approximate surface area is 120 Å². The molecule has 0 aliphatic rings. The van der Waals surface area contributed by atoms with Crippen molar-refractivity contribution in [2.45, 2.75) is 19.9 Å². The number of hydrogen-bond donors (Lipinski definition) is 2. The zero-order valence-corrected chi connectivity index (χ0v) is 12.5. The number of rotatable bonds is 7. The first-order valence-electron chi connectivity index (χ1n) is 6.83. The third-order valence-electron chi connectivity index (χ3n) is 2.63. The molecule has 0 radical (unpaired) electrons. The van der Waals surface area contributed by atoms with Gasteiger partial charge in [-0.15, -0.1) is 0 Å². The van der Waals surface area contributed by atoms with E-state index in [0.717, 1.165) is 26.1 Å². The number of aryl methyl sites for hydroxylation is 1. The molecule has 1 heterocycles. The van der Waals surface area contributed by atoms with E-state index in [4.69, 9.17) is 0 Å². The predicted octanol–water partition coefficient (Wildman–Crippen LogP) is -0.0835. The van der Waals surface area contributed by atoms with Crippen molar-refractivity contribution >= 4 is 11.9 Å². The first-order chi connectivity index (χ1) is 9.63. The molecule has 0 saturated heterocycles. The second-order valence-corrected chi connectivity index (χ2v) is 4.53. The lowest BCUT2D eigenvalue weighted by Gasteiger charge is -2.12. The Bertz CT molecular complexity index is 413. The van der Waals surface area contributed by atoms with Crippen LogP contribution in [0.2, 0.25) is 0 Å². The van der Waals surface area contributed by atoms with Gasteiger partial charge in [0.25, 0.3) is 0 Å². The van der Waals surface area contributed by atoms with Crippen molar-refractivity contribution in [3.05, 3.63) is 18.5 Å². The maximum absolute atomic E-state index is 11.5. The summed E-state index contributed by atoms with van der Waals surface area (Å²) in [6.45, 7) is 4.55. The van der Waals surface area contributed by atoms with E-state index in [9.17, 15) is 4.79 Å². The van der Waals surface area contributed by atoms with Gasteiger partial charge in [-0.25, -0.2) is 4.99 Å². The van der Waals surface area contributed by atoms with Crippen LogP contribution in [-0.2, 0) is 11.3 Å². The number of carbonyl (C=O) groups excluding carboxylic acids is 1. The summed E-state index contributed by atoms with van der Waals surface area (Å²) in [5, 5.41) is 10.5. The molecule has 1 rings (SSSR count). The van der Waals surface area contributed by atoms with Crippen LogP contribution in [0, 0.1) is 0 Å². The molecular weight excluding hydrogens is 256 g/mol. The van der Waals surface area contributed by atoms with E-state index in [2.05, 4.69) is 20.7 Å². The largest absolute Gasteiger partial charge is 0.357 e. The van der Waals surface area contributed by atoms with Gasteiger partial charge in [-0.3, -0.25) is 9.48 Å². The molecule has 1 amide bonds. The predicted molar refractivity (Wildman–Crippen MR) is 79.5 cm³/mol. The Morgan fingerprint density at radius 3 is 2.80 bits per heavy atom. The van der Waals surface area contributed by atoms with Crippen LogP contribution >= 0.6 is 0 Å². The van der Waals surface area contributed by atoms with Gasteiger partial charge >= 0.3 is 0 Å². The average molecular weight is 280 g/mol. The summed E-state index contributed by atoms with van der Waals surface area (Å²) in [6.07, 6.45) is 4.65. The Hall–Kier alpha value is -2.05. The molecule has 0 fully saturated rings. The summed E-state index contributed by atoms with van der Waals surface area (Å²) >= 11 is 0. The van der Waals surface area contributed by atoms with Crippen molar-refractivity contribution in [3.63, 3.8) is 0 Å². The van der Waals surface area contributed by atoms with Gasteiger partial charge in [-0.2, -0.15) is 5.10 Å². The molecule has 20 heavy (non-hydrogen) atoms. The lowest BCUT2D eigenvalue weighted by molar-refractivity contribution is -0.127. The molecule has 0 spiro atoms. The van der Waals surface area contributed by atoms with E-state index < -0.39 is 0 Å². The Kier molecular flexibility index (Phi) is 7.16. The van der Waals surface area contributed by atoms with Crippen molar-refractivity contribution in [3.8, 4) is 0 Å². The van der Waals surface area contributed by atoms with E-state index in [1.165, 1.54) is 4.90 Å². The summed E-state index contributed by atoms with van der Waals surface area (Å²) in [5.74, 6) is 0.655. The third kappa shape index (κ3) is 6.21. The molecule has 7 nitrogen and oxygen atoms in total. The van der Waals surface area contributed by atoms with E-state index in [1.54, 1.807) is 20.3 Å². The first-order valence-corrected chi connectivity index (χ1v) is 6.83. The van der Waals surface area contributed by atoms with Gasteiger partial charge in [0.1, 0.15) is 6.54 Å². The number of aliphatic imine (C=N–C) groups is 1. The SMILES string of the molecule is CCNC(=NCC(=O)N(C)C)NCCCn1cccn1. The maximum Gasteiger partial charge on any atom is 0.243 e. The van der Waals surface area contributed by atoms with Crippen LogP contribution in [0.4, 0.5) is 0 Å². The number of likely N-dealkylation sites (N-methyl/N-ethyl adjacent to an activating group) is 1. The number of carbonyl (C=O) groups is 1. The second kappa shape index (κ2) is 8.95. The number of nitrogens with zero attached hydrogens (tertiary/aromatic N) is 4. The molecule has 2 N–H and O–H groups in total. The van der Waals surface area contributed by atoms with Crippen LogP contribution in [0.25, 0.3) is 0 Å². The Balaban J connectivity index is 2.30. The van der Waals surface area contributed by atoms with Crippen molar-refractivity contribution in [1.29, 1.82) is 0 Å². The maximum atomic E-state index is 11.5. The van der Waals surface area contributed by atoms with Gasteiger partial charge in [0.2, 0.25) is 5.91 Å². The molecule has 0 atom stereocenters. The highest BCUT2D eigenvalue weighted by Crippen LogP contribution is 1.88. The fourth-order valence-corrected chi connectivity index (χ4v) is 1.51. The van der Waals surface area contributed by atoms with Crippen LogP contribution in [-0.4, -0.2) is 60.3 Å². The lowest BCUT2D eigenvalue weighted by Crippen LogP contribution is -2.39. The normalized spacial score (nSPS) is 11.2. The van der Waals surface area contributed by atoms with Gasteiger partial charge in [-0.05, 0) is 19.4 Å². The number of aromatic nitrogens is 2. The quantitative estimate of drug-likeness (QED) is 0.416. The molecule has 1 aromatic heterocycles. The summed E-state index contributed by atoms with van der Waals surface area (Å²) in [7, 11) is 3.45. The van der Waals surface area contributed by atoms with Gasteiger partial charge in [0, 0.05) is 46.1 Å². The molecule has 112 valence electrons. The van der Waals surface area contributed by atoms with Crippen molar-refractivity contribution in [2.24, 2.45) is 4.99 Å². The number of nitrogens with one attached hydrogen (secondary N) is 2. The van der Waals surface area contributed by atoms with Gasteiger partial charge in [-0.1, -0.05) is 0 Å². The summed E-state index contributed by atoms with van der Waals surface area (Å²) in [5.41, 5.74) is 0. The lowest BCUT2D eigenvalue weighted by atomic mass is 10.4. The first kappa shape index (κ1) is 16.0. The van der Waals surface area contributed by atoms with Crippen LogP contribution in [0.15, 0.2) is 23.5 Å². The summed E-state index contributed by atoms with van der Waals surface area (Å²) < 4.78 is 1.89.